The lowest BCUT2D eigenvalue weighted by molar-refractivity contribution is -0.137. The van der Waals surface area contributed by atoms with Crippen molar-refractivity contribution in [3.63, 3.8) is 0 Å². The quantitative estimate of drug-likeness (QED) is 0.859. The second kappa shape index (κ2) is 5.12. The van der Waals surface area contributed by atoms with Crippen LogP contribution in [0.4, 0.5) is 4.79 Å². The van der Waals surface area contributed by atoms with Crippen molar-refractivity contribution in [2.75, 3.05) is 13.6 Å². The molecule has 1 saturated carbocycles. The van der Waals surface area contributed by atoms with E-state index in [1.54, 1.807) is 25.6 Å². The zero-order valence-electron chi connectivity index (χ0n) is 10.2. The third-order valence-electron chi connectivity index (χ3n) is 2.87. The predicted molar refractivity (Wildman–Crippen MR) is 62.9 cm³/mol. The van der Waals surface area contributed by atoms with Gasteiger partial charge in [-0.25, -0.2) is 4.79 Å². The summed E-state index contributed by atoms with van der Waals surface area (Å²) < 4.78 is 4.93. The molecule has 6 nitrogen and oxygen atoms in total. The zero-order valence-corrected chi connectivity index (χ0v) is 10.2. The molecular formula is C12H16N2O4. The van der Waals surface area contributed by atoms with Crippen LogP contribution in [0.1, 0.15) is 18.4 Å². The van der Waals surface area contributed by atoms with Gasteiger partial charge < -0.3 is 19.3 Å². The molecule has 1 fully saturated rings. The van der Waals surface area contributed by atoms with E-state index in [2.05, 4.69) is 0 Å². The molecule has 0 aliphatic heterocycles. The molecule has 1 N–H and O–H groups in total. The van der Waals surface area contributed by atoms with Crippen molar-refractivity contribution in [2.24, 2.45) is 0 Å². The number of carboxylic acids is 1. The van der Waals surface area contributed by atoms with E-state index in [0.717, 1.165) is 18.4 Å². The Labute approximate surface area is 105 Å². The normalized spacial score (nSPS) is 14.3. The first kappa shape index (κ1) is 12.5. The Morgan fingerprint density at radius 1 is 1.50 bits per heavy atom. The van der Waals surface area contributed by atoms with Crippen LogP contribution in [0.5, 0.6) is 0 Å². The number of carboxylic acid groups (broad SMARTS) is 1. The molecule has 0 aromatic carbocycles. The van der Waals surface area contributed by atoms with E-state index in [1.165, 1.54) is 9.80 Å². The van der Waals surface area contributed by atoms with E-state index in [-0.39, 0.29) is 18.6 Å². The van der Waals surface area contributed by atoms with E-state index in [9.17, 15) is 9.59 Å². The monoisotopic (exact) mass is 252 g/mol. The molecule has 0 unspecified atom stereocenters. The third-order valence-corrected chi connectivity index (χ3v) is 2.87. The van der Waals surface area contributed by atoms with Crippen molar-refractivity contribution in [3.8, 4) is 0 Å². The lowest BCUT2D eigenvalue weighted by Gasteiger charge is -2.26. The molecule has 1 aromatic rings. The summed E-state index contributed by atoms with van der Waals surface area (Å²) in [7, 11) is 1.66. The van der Waals surface area contributed by atoms with Crippen LogP contribution in [0.2, 0.25) is 0 Å². The van der Waals surface area contributed by atoms with Gasteiger partial charge in [-0.05, 0) is 18.9 Å². The summed E-state index contributed by atoms with van der Waals surface area (Å²) in [6.07, 6.45) is 4.89. The lowest BCUT2D eigenvalue weighted by atomic mass is 10.3. The van der Waals surface area contributed by atoms with Gasteiger partial charge in [0, 0.05) is 18.7 Å². The van der Waals surface area contributed by atoms with Gasteiger partial charge in [0.2, 0.25) is 0 Å². The summed E-state index contributed by atoms with van der Waals surface area (Å²) in [4.78, 5) is 25.8. The second-order valence-electron chi connectivity index (χ2n) is 4.52. The number of rotatable bonds is 5. The van der Waals surface area contributed by atoms with Crippen LogP contribution in [0.15, 0.2) is 23.0 Å². The van der Waals surface area contributed by atoms with Crippen LogP contribution in [-0.4, -0.2) is 46.5 Å². The molecule has 2 rings (SSSR count). The molecule has 1 aliphatic carbocycles. The standard InChI is InChI=1S/C12H16N2O4/c1-13(6-9-4-5-18-8-9)12(17)14(7-11(15)16)10-2-3-10/h4-5,8,10H,2-3,6-7H2,1H3,(H,15,16). The molecular weight excluding hydrogens is 236 g/mol. The molecule has 1 aliphatic rings. The Bertz CT molecular complexity index is 425. The fraction of sp³-hybridized carbons (Fsp3) is 0.500. The molecule has 0 saturated heterocycles. The van der Waals surface area contributed by atoms with Gasteiger partial charge in [0.15, 0.2) is 0 Å². The summed E-state index contributed by atoms with van der Waals surface area (Å²) in [5, 5.41) is 8.82. The van der Waals surface area contributed by atoms with Crippen LogP contribution < -0.4 is 0 Å². The van der Waals surface area contributed by atoms with E-state index < -0.39 is 5.97 Å². The minimum Gasteiger partial charge on any atom is -0.480 e. The highest BCUT2D eigenvalue weighted by Gasteiger charge is 2.35. The minimum absolute atomic E-state index is 0.0837. The largest absolute Gasteiger partial charge is 0.480 e. The van der Waals surface area contributed by atoms with Gasteiger partial charge in [-0.1, -0.05) is 0 Å². The van der Waals surface area contributed by atoms with Gasteiger partial charge in [-0.15, -0.1) is 0 Å². The van der Waals surface area contributed by atoms with E-state index >= 15 is 0 Å². The molecule has 0 bridgehead atoms. The van der Waals surface area contributed by atoms with E-state index in [0.29, 0.717) is 6.54 Å². The fourth-order valence-electron chi connectivity index (χ4n) is 1.83. The first-order chi connectivity index (χ1) is 8.58. The van der Waals surface area contributed by atoms with Gasteiger partial charge in [0.05, 0.1) is 19.1 Å². The Kier molecular flexibility index (Phi) is 3.55. The SMILES string of the molecule is CN(Cc1ccoc1)C(=O)N(CC(=O)O)C1CC1. The number of furan rings is 1. The third kappa shape index (κ3) is 3.03. The smallest absolute Gasteiger partial charge is 0.323 e. The Balaban J connectivity index is 1.96. The van der Waals surface area contributed by atoms with Crippen LogP contribution in [0.3, 0.4) is 0 Å². The summed E-state index contributed by atoms with van der Waals surface area (Å²) in [5.41, 5.74) is 0.886. The molecule has 0 radical (unpaired) electrons. The predicted octanol–water partition coefficient (Wildman–Crippen LogP) is 1.38. The molecule has 1 heterocycles. The van der Waals surface area contributed by atoms with Gasteiger partial charge in [0.1, 0.15) is 6.54 Å². The molecule has 0 spiro atoms. The molecule has 0 atom stereocenters. The van der Waals surface area contributed by atoms with Crippen LogP contribution in [0.25, 0.3) is 0 Å². The van der Waals surface area contributed by atoms with Crippen molar-refractivity contribution in [2.45, 2.75) is 25.4 Å². The van der Waals surface area contributed by atoms with Gasteiger partial charge in [0.25, 0.3) is 0 Å². The van der Waals surface area contributed by atoms with E-state index in [1.807, 2.05) is 0 Å². The zero-order chi connectivity index (χ0) is 13.1. The number of amides is 2. The second-order valence-corrected chi connectivity index (χ2v) is 4.52. The molecule has 98 valence electrons. The summed E-state index contributed by atoms with van der Waals surface area (Å²) >= 11 is 0. The van der Waals surface area contributed by atoms with Gasteiger partial charge in [-0.2, -0.15) is 0 Å². The maximum absolute atomic E-state index is 12.1. The average molecular weight is 252 g/mol. The minimum atomic E-state index is -0.980. The summed E-state index contributed by atoms with van der Waals surface area (Å²) in [6.45, 7) is 0.178. The highest BCUT2D eigenvalue weighted by molar-refractivity contribution is 5.80. The highest BCUT2D eigenvalue weighted by atomic mass is 16.4. The van der Waals surface area contributed by atoms with Crippen LogP contribution in [-0.2, 0) is 11.3 Å². The molecule has 1 aromatic heterocycles. The maximum atomic E-state index is 12.1. The van der Waals surface area contributed by atoms with Crippen molar-refractivity contribution in [1.29, 1.82) is 0 Å². The number of urea groups is 1. The Morgan fingerprint density at radius 2 is 2.22 bits per heavy atom. The number of nitrogens with zero attached hydrogens (tertiary/aromatic N) is 2. The number of carbonyl (C=O) groups is 2. The average Bonchev–Trinajstić information content (AvgIpc) is 3.04. The van der Waals surface area contributed by atoms with Gasteiger partial charge in [-0.3, -0.25) is 4.79 Å². The fourth-order valence-corrected chi connectivity index (χ4v) is 1.83. The topological polar surface area (TPSA) is 74.0 Å². The number of hydrogen-bond donors (Lipinski definition) is 1. The van der Waals surface area contributed by atoms with Gasteiger partial charge >= 0.3 is 12.0 Å². The first-order valence-corrected chi connectivity index (χ1v) is 5.82. The maximum Gasteiger partial charge on any atom is 0.323 e. The first-order valence-electron chi connectivity index (χ1n) is 5.82. The number of hydrogen-bond acceptors (Lipinski definition) is 3. The Morgan fingerprint density at radius 3 is 2.72 bits per heavy atom. The highest BCUT2D eigenvalue weighted by Crippen LogP contribution is 2.27. The van der Waals surface area contributed by atoms with Crippen molar-refractivity contribution in [1.82, 2.24) is 9.80 Å². The van der Waals surface area contributed by atoms with Crippen molar-refractivity contribution in [3.05, 3.63) is 24.2 Å². The molecule has 18 heavy (non-hydrogen) atoms. The van der Waals surface area contributed by atoms with Crippen LogP contribution >= 0.6 is 0 Å². The van der Waals surface area contributed by atoms with Crippen LogP contribution in [0, 0.1) is 0 Å². The number of aliphatic carboxylic acids is 1. The van der Waals surface area contributed by atoms with E-state index in [4.69, 9.17) is 9.52 Å². The summed E-state index contributed by atoms with van der Waals surface area (Å²) in [6, 6.07) is 1.61. The van der Waals surface area contributed by atoms with Crippen molar-refractivity contribution >= 4 is 12.0 Å². The summed E-state index contributed by atoms with van der Waals surface area (Å²) in [5.74, 6) is -0.980. The Hall–Kier alpha value is -1.98. The molecule has 2 amide bonds. The van der Waals surface area contributed by atoms with Crippen molar-refractivity contribution < 1.29 is 19.1 Å². The lowest BCUT2D eigenvalue weighted by Crippen LogP contribution is -2.44. The molecule has 6 heteroatoms. The number of carbonyl (C=O) groups excluding carboxylic acids is 1.